The van der Waals surface area contributed by atoms with Gasteiger partial charge in [0, 0.05) is 49.7 Å². The lowest BCUT2D eigenvalue weighted by Crippen LogP contribution is -2.24. The molecule has 2 N–H and O–H groups in total. The van der Waals surface area contributed by atoms with E-state index in [0.29, 0.717) is 6.54 Å². The van der Waals surface area contributed by atoms with Gasteiger partial charge in [-0.25, -0.2) is 0 Å². The van der Waals surface area contributed by atoms with Gasteiger partial charge in [0.2, 0.25) is 5.91 Å². The number of pyridine rings is 1. The normalized spacial score (nSPS) is 15.3. The van der Waals surface area contributed by atoms with Crippen molar-refractivity contribution in [2.75, 3.05) is 24.5 Å². The lowest BCUT2D eigenvalue weighted by Gasteiger charge is -2.19. The second-order valence-corrected chi connectivity index (χ2v) is 7.62. The highest BCUT2D eigenvalue weighted by Gasteiger charge is 2.29. The zero-order valence-corrected chi connectivity index (χ0v) is 17.2. The fraction of sp³-hybridized carbons (Fsp3) is 0.375. The molecule has 6 heteroatoms. The van der Waals surface area contributed by atoms with E-state index in [1.54, 1.807) is 18.5 Å². The summed E-state index contributed by atoms with van der Waals surface area (Å²) < 4.78 is 0. The van der Waals surface area contributed by atoms with Crippen LogP contribution in [0.2, 0.25) is 0 Å². The predicted octanol–water partition coefficient (Wildman–Crippen LogP) is 3.85. The molecule has 1 amide bonds. The highest BCUT2D eigenvalue weighted by atomic mass is 16.4. The number of nitrogens with one attached hydrogen (secondary N) is 1. The van der Waals surface area contributed by atoms with Crippen LogP contribution in [0, 0.1) is 0 Å². The number of para-hydroxylation sites is 1. The second kappa shape index (κ2) is 11.1. The fourth-order valence-electron chi connectivity index (χ4n) is 3.88. The van der Waals surface area contributed by atoms with Gasteiger partial charge in [0.25, 0.3) is 0 Å². The Morgan fingerprint density at radius 1 is 1.13 bits per heavy atom. The molecule has 1 aliphatic rings. The first kappa shape index (κ1) is 21.6. The number of fused-ring (bicyclic) bond motifs is 1. The topological polar surface area (TPSA) is 82.5 Å². The van der Waals surface area contributed by atoms with Gasteiger partial charge in [-0.3, -0.25) is 14.6 Å². The maximum Gasteiger partial charge on any atom is 0.304 e. The lowest BCUT2D eigenvalue weighted by atomic mass is 9.98. The Kier molecular flexibility index (Phi) is 8.01. The molecule has 0 saturated carbocycles. The molecule has 2 heterocycles. The minimum atomic E-state index is -0.742. The first-order valence-corrected chi connectivity index (χ1v) is 10.5. The number of aromatic nitrogens is 1. The molecule has 0 radical (unpaired) electrons. The molecule has 6 nitrogen and oxygen atoms in total. The molecular weight excluding hydrogens is 378 g/mol. The number of rotatable bonds is 11. The van der Waals surface area contributed by atoms with Crippen molar-refractivity contribution < 1.29 is 14.7 Å². The number of nitrogens with zero attached hydrogens (tertiary/aromatic N) is 2. The van der Waals surface area contributed by atoms with Gasteiger partial charge >= 0.3 is 5.97 Å². The van der Waals surface area contributed by atoms with Gasteiger partial charge in [-0.15, -0.1) is 0 Å². The number of carbonyl (C=O) groups excluding carboxylic acids is 1. The molecule has 1 unspecified atom stereocenters. The van der Waals surface area contributed by atoms with Crippen LogP contribution in [0.15, 0.2) is 54.9 Å². The molecule has 0 aliphatic carbocycles. The van der Waals surface area contributed by atoms with Crippen molar-refractivity contribution in [3.05, 3.63) is 66.0 Å². The highest BCUT2D eigenvalue weighted by molar-refractivity contribution is 5.91. The second-order valence-electron chi connectivity index (χ2n) is 7.62. The third kappa shape index (κ3) is 6.44. The molecule has 3 rings (SSSR count). The van der Waals surface area contributed by atoms with Crippen LogP contribution in [0.25, 0.3) is 6.08 Å². The van der Waals surface area contributed by atoms with Crippen molar-refractivity contribution in [1.82, 2.24) is 10.3 Å². The predicted molar refractivity (Wildman–Crippen MR) is 118 cm³/mol. The summed E-state index contributed by atoms with van der Waals surface area (Å²) in [7, 11) is 0. The molecule has 0 saturated heterocycles. The molecule has 30 heavy (non-hydrogen) atoms. The maximum atomic E-state index is 11.8. The average Bonchev–Trinajstić information content (AvgIpc) is 3.09. The number of carboxylic acid groups (broad SMARTS) is 1. The van der Waals surface area contributed by atoms with Gasteiger partial charge in [0.1, 0.15) is 0 Å². The van der Waals surface area contributed by atoms with Gasteiger partial charge in [-0.05, 0) is 42.2 Å². The summed E-state index contributed by atoms with van der Waals surface area (Å²) in [5.41, 5.74) is 3.24. The number of carbonyl (C=O) groups is 2. The van der Waals surface area contributed by atoms with E-state index in [4.69, 9.17) is 5.11 Å². The molecule has 1 aromatic carbocycles. The van der Waals surface area contributed by atoms with E-state index in [1.165, 1.54) is 11.8 Å². The summed E-state index contributed by atoms with van der Waals surface area (Å²) in [4.78, 5) is 29.3. The van der Waals surface area contributed by atoms with Crippen molar-refractivity contribution in [3.63, 3.8) is 0 Å². The maximum absolute atomic E-state index is 11.8. The third-order valence-electron chi connectivity index (χ3n) is 5.34. The number of carboxylic acids is 1. The quantitative estimate of drug-likeness (QED) is 0.437. The van der Waals surface area contributed by atoms with E-state index >= 15 is 0 Å². The standard InChI is InChI=1S/C24H29N3O3/c28-23(12-11-19-8-7-13-25-17-19)26-14-5-1-2-6-15-27-18-20(16-24(29)30)21-9-3-4-10-22(21)27/h3-4,7-13,17,20H,1-2,5-6,14-16,18H2,(H,26,28)(H,29,30)/b12-11+. The first-order valence-electron chi connectivity index (χ1n) is 10.5. The fourth-order valence-corrected chi connectivity index (χ4v) is 3.88. The zero-order chi connectivity index (χ0) is 21.2. The van der Waals surface area contributed by atoms with Gasteiger partial charge in [0.15, 0.2) is 0 Å². The summed E-state index contributed by atoms with van der Waals surface area (Å²) in [6.45, 7) is 2.39. The molecule has 2 aromatic rings. The lowest BCUT2D eigenvalue weighted by molar-refractivity contribution is -0.137. The largest absolute Gasteiger partial charge is 0.481 e. The highest BCUT2D eigenvalue weighted by Crippen LogP contribution is 2.37. The number of anilines is 1. The van der Waals surface area contributed by atoms with E-state index in [2.05, 4.69) is 21.3 Å². The van der Waals surface area contributed by atoms with Gasteiger partial charge in [-0.1, -0.05) is 37.1 Å². The SMILES string of the molecule is O=C(O)CC1CN(CCCCCCNC(=O)/C=C/c2cccnc2)c2ccccc21. The number of hydrogen-bond acceptors (Lipinski definition) is 4. The molecule has 158 valence electrons. The molecule has 0 spiro atoms. The molecule has 0 fully saturated rings. The third-order valence-corrected chi connectivity index (χ3v) is 5.34. The van der Waals surface area contributed by atoms with Crippen LogP contribution in [-0.4, -0.2) is 41.6 Å². The van der Waals surface area contributed by atoms with E-state index in [0.717, 1.165) is 49.9 Å². The monoisotopic (exact) mass is 407 g/mol. The molecule has 1 atom stereocenters. The number of aliphatic carboxylic acids is 1. The Labute approximate surface area is 177 Å². The summed E-state index contributed by atoms with van der Waals surface area (Å²) in [5, 5.41) is 12.1. The van der Waals surface area contributed by atoms with Crippen molar-refractivity contribution in [1.29, 1.82) is 0 Å². The molecule has 1 aliphatic heterocycles. The summed E-state index contributed by atoms with van der Waals surface area (Å²) in [5.74, 6) is -0.750. The minimum Gasteiger partial charge on any atom is -0.481 e. The van der Waals surface area contributed by atoms with E-state index in [-0.39, 0.29) is 18.2 Å². The Morgan fingerprint density at radius 3 is 2.77 bits per heavy atom. The van der Waals surface area contributed by atoms with E-state index < -0.39 is 5.97 Å². The Balaban J connectivity index is 1.31. The smallest absolute Gasteiger partial charge is 0.304 e. The van der Waals surface area contributed by atoms with Crippen LogP contribution in [-0.2, 0) is 9.59 Å². The summed E-state index contributed by atoms with van der Waals surface area (Å²) in [6, 6.07) is 11.9. The van der Waals surface area contributed by atoms with Crippen molar-refractivity contribution in [2.45, 2.75) is 38.0 Å². The van der Waals surface area contributed by atoms with Gasteiger partial charge in [0.05, 0.1) is 6.42 Å². The van der Waals surface area contributed by atoms with Crippen LogP contribution >= 0.6 is 0 Å². The van der Waals surface area contributed by atoms with Gasteiger partial charge in [-0.2, -0.15) is 0 Å². The van der Waals surface area contributed by atoms with E-state index in [9.17, 15) is 9.59 Å². The molecular formula is C24H29N3O3. The Hall–Kier alpha value is -3.15. The van der Waals surface area contributed by atoms with Crippen LogP contribution in [0.4, 0.5) is 5.69 Å². The van der Waals surface area contributed by atoms with E-state index in [1.807, 2.05) is 30.3 Å². The van der Waals surface area contributed by atoms with Crippen LogP contribution < -0.4 is 10.2 Å². The molecule has 1 aromatic heterocycles. The zero-order valence-electron chi connectivity index (χ0n) is 17.2. The Morgan fingerprint density at radius 2 is 1.97 bits per heavy atom. The first-order chi connectivity index (χ1) is 14.6. The van der Waals surface area contributed by atoms with Crippen LogP contribution in [0.5, 0.6) is 0 Å². The van der Waals surface area contributed by atoms with Crippen molar-refractivity contribution >= 4 is 23.6 Å². The number of unbranched alkanes of at least 4 members (excludes halogenated alkanes) is 3. The van der Waals surface area contributed by atoms with Gasteiger partial charge < -0.3 is 15.3 Å². The number of amides is 1. The summed E-state index contributed by atoms with van der Waals surface area (Å²) >= 11 is 0. The van der Waals surface area contributed by atoms with Crippen molar-refractivity contribution in [3.8, 4) is 0 Å². The average molecular weight is 408 g/mol. The molecule has 0 bridgehead atoms. The minimum absolute atomic E-state index is 0.0774. The van der Waals surface area contributed by atoms with Crippen LogP contribution in [0.1, 0.15) is 49.1 Å². The number of benzene rings is 1. The summed E-state index contributed by atoms with van der Waals surface area (Å²) in [6.07, 6.45) is 11.0. The Bertz CT molecular complexity index is 867. The van der Waals surface area contributed by atoms with Crippen molar-refractivity contribution in [2.24, 2.45) is 0 Å². The van der Waals surface area contributed by atoms with Crippen LogP contribution in [0.3, 0.4) is 0 Å². The number of hydrogen-bond donors (Lipinski definition) is 2.